The molecule has 1 unspecified atom stereocenters. The molecule has 1 amide bonds. The minimum absolute atomic E-state index is 0.0870. The van der Waals surface area contributed by atoms with Crippen LogP contribution in [0.2, 0.25) is 5.22 Å². The number of rotatable bonds is 3. The molecule has 1 atom stereocenters. The Morgan fingerprint density at radius 1 is 1.62 bits per heavy atom. The van der Waals surface area contributed by atoms with Crippen molar-refractivity contribution >= 4 is 17.5 Å². The van der Waals surface area contributed by atoms with E-state index in [-0.39, 0.29) is 10.8 Å². The lowest BCUT2D eigenvalue weighted by atomic mass is 10.3. The Kier molecular flexibility index (Phi) is 3.82. The van der Waals surface area contributed by atoms with Crippen LogP contribution in [0.3, 0.4) is 0 Å². The molecular formula is C8H7ClF3NO3. The van der Waals surface area contributed by atoms with Gasteiger partial charge in [0.2, 0.25) is 5.22 Å². The van der Waals surface area contributed by atoms with E-state index in [1.54, 1.807) is 0 Å². The Balaban J connectivity index is 2.52. The molecule has 1 rings (SSSR count). The number of carbonyl (C=O) groups is 1. The van der Waals surface area contributed by atoms with Crippen LogP contribution in [0.15, 0.2) is 16.7 Å². The van der Waals surface area contributed by atoms with Crippen molar-refractivity contribution in [2.45, 2.75) is 12.3 Å². The van der Waals surface area contributed by atoms with E-state index in [1.807, 2.05) is 5.32 Å². The number of hydrogen-bond acceptors (Lipinski definition) is 3. The lowest BCUT2D eigenvalue weighted by molar-refractivity contribution is -0.201. The van der Waals surface area contributed by atoms with Gasteiger partial charge in [-0.15, -0.1) is 0 Å². The van der Waals surface area contributed by atoms with Gasteiger partial charge in [-0.2, -0.15) is 13.2 Å². The standard InChI is InChI=1S/C8H7ClF3NO3/c9-6-4(1-2-16-6)7(15)13-3-5(14)8(10,11)12/h1-2,5,14H,3H2,(H,13,15). The Hall–Kier alpha value is -1.21. The zero-order valence-corrected chi connectivity index (χ0v) is 8.47. The van der Waals surface area contributed by atoms with Crippen molar-refractivity contribution < 1.29 is 27.5 Å². The average Bonchev–Trinajstić information content (AvgIpc) is 2.58. The molecule has 0 bridgehead atoms. The van der Waals surface area contributed by atoms with Crippen molar-refractivity contribution in [3.8, 4) is 0 Å². The molecule has 0 saturated carbocycles. The van der Waals surface area contributed by atoms with Crippen LogP contribution in [0.4, 0.5) is 13.2 Å². The van der Waals surface area contributed by atoms with Gasteiger partial charge in [0.25, 0.3) is 5.91 Å². The zero-order valence-electron chi connectivity index (χ0n) is 7.71. The largest absolute Gasteiger partial charge is 0.452 e. The van der Waals surface area contributed by atoms with E-state index in [0.717, 1.165) is 6.26 Å². The number of furan rings is 1. The highest BCUT2D eigenvalue weighted by atomic mass is 35.5. The Labute approximate surface area is 93.0 Å². The van der Waals surface area contributed by atoms with Crippen LogP contribution >= 0.6 is 11.6 Å². The lowest BCUT2D eigenvalue weighted by Crippen LogP contribution is -2.40. The molecule has 16 heavy (non-hydrogen) atoms. The first-order valence-electron chi connectivity index (χ1n) is 4.08. The molecule has 0 aliphatic carbocycles. The van der Waals surface area contributed by atoms with Crippen molar-refractivity contribution in [1.82, 2.24) is 5.32 Å². The number of nitrogens with one attached hydrogen (secondary N) is 1. The summed E-state index contributed by atoms with van der Waals surface area (Å²) >= 11 is 5.43. The zero-order chi connectivity index (χ0) is 12.3. The molecule has 0 aliphatic heterocycles. The third-order valence-electron chi connectivity index (χ3n) is 1.70. The minimum atomic E-state index is -4.77. The third-order valence-corrected chi connectivity index (χ3v) is 1.99. The monoisotopic (exact) mass is 257 g/mol. The van der Waals surface area contributed by atoms with Crippen molar-refractivity contribution in [3.05, 3.63) is 23.1 Å². The van der Waals surface area contributed by atoms with E-state index in [2.05, 4.69) is 4.42 Å². The Morgan fingerprint density at radius 3 is 2.69 bits per heavy atom. The third kappa shape index (κ3) is 3.14. The van der Waals surface area contributed by atoms with Gasteiger partial charge in [-0.25, -0.2) is 0 Å². The van der Waals surface area contributed by atoms with Crippen molar-refractivity contribution in [1.29, 1.82) is 0 Å². The smallest absolute Gasteiger partial charge is 0.416 e. The second kappa shape index (κ2) is 4.75. The second-order valence-corrected chi connectivity index (χ2v) is 3.22. The maximum atomic E-state index is 11.9. The second-order valence-electron chi connectivity index (χ2n) is 2.88. The first-order valence-corrected chi connectivity index (χ1v) is 4.46. The maximum Gasteiger partial charge on any atom is 0.416 e. The molecule has 0 fully saturated rings. The molecule has 0 aliphatic rings. The molecule has 4 nitrogen and oxygen atoms in total. The number of aliphatic hydroxyl groups is 1. The molecule has 0 aromatic carbocycles. The summed E-state index contributed by atoms with van der Waals surface area (Å²) in [5.41, 5.74) is -0.0870. The number of alkyl halides is 3. The molecule has 1 aromatic heterocycles. The fourth-order valence-corrected chi connectivity index (χ4v) is 1.06. The maximum absolute atomic E-state index is 11.9. The van der Waals surface area contributed by atoms with Gasteiger partial charge in [0.15, 0.2) is 6.10 Å². The van der Waals surface area contributed by atoms with Gasteiger partial charge in [-0.1, -0.05) is 0 Å². The summed E-state index contributed by atoms with van der Waals surface area (Å²) in [6.07, 6.45) is -6.26. The molecule has 8 heteroatoms. The lowest BCUT2D eigenvalue weighted by Gasteiger charge is -2.14. The summed E-state index contributed by atoms with van der Waals surface area (Å²) in [6, 6.07) is 1.21. The van der Waals surface area contributed by atoms with Crippen molar-refractivity contribution in [3.63, 3.8) is 0 Å². The highest BCUT2D eigenvalue weighted by Crippen LogP contribution is 2.20. The Morgan fingerprint density at radius 2 is 2.25 bits per heavy atom. The predicted molar refractivity (Wildman–Crippen MR) is 48.1 cm³/mol. The predicted octanol–water partition coefficient (Wildman–Crippen LogP) is 1.59. The van der Waals surface area contributed by atoms with Gasteiger partial charge in [0, 0.05) is 0 Å². The fraction of sp³-hybridized carbons (Fsp3) is 0.375. The topological polar surface area (TPSA) is 62.5 Å². The summed E-state index contributed by atoms with van der Waals surface area (Å²) in [7, 11) is 0. The Bertz CT molecular complexity index is 377. The quantitative estimate of drug-likeness (QED) is 0.864. The highest BCUT2D eigenvalue weighted by Gasteiger charge is 2.38. The number of hydrogen-bond donors (Lipinski definition) is 2. The van der Waals surface area contributed by atoms with Gasteiger partial charge in [-0.3, -0.25) is 4.79 Å². The van der Waals surface area contributed by atoms with Crippen molar-refractivity contribution in [2.75, 3.05) is 6.54 Å². The highest BCUT2D eigenvalue weighted by molar-refractivity contribution is 6.32. The van der Waals surface area contributed by atoms with Crippen LogP contribution in [0, 0.1) is 0 Å². The summed E-state index contributed by atoms with van der Waals surface area (Å²) < 4.78 is 40.2. The van der Waals surface area contributed by atoms with E-state index < -0.39 is 24.7 Å². The molecule has 0 spiro atoms. The van der Waals surface area contributed by atoms with Crippen LogP contribution in [-0.4, -0.2) is 29.8 Å². The van der Waals surface area contributed by atoms with Crippen LogP contribution in [-0.2, 0) is 0 Å². The minimum Gasteiger partial charge on any atom is -0.452 e. The van der Waals surface area contributed by atoms with Gasteiger partial charge in [0.1, 0.15) is 0 Å². The van der Waals surface area contributed by atoms with E-state index >= 15 is 0 Å². The first kappa shape index (κ1) is 12.9. The molecular weight excluding hydrogens is 251 g/mol. The number of amides is 1. The summed E-state index contributed by atoms with van der Waals surface area (Å²) in [5, 5.41) is 10.3. The van der Waals surface area contributed by atoms with Crippen LogP contribution < -0.4 is 5.32 Å². The molecule has 1 aromatic rings. The van der Waals surface area contributed by atoms with Gasteiger partial charge < -0.3 is 14.8 Å². The van der Waals surface area contributed by atoms with Crippen LogP contribution in [0.5, 0.6) is 0 Å². The number of halogens is 4. The van der Waals surface area contributed by atoms with E-state index in [1.165, 1.54) is 6.07 Å². The summed E-state index contributed by atoms with van der Waals surface area (Å²) in [6.45, 7) is -0.941. The van der Waals surface area contributed by atoms with Gasteiger partial charge >= 0.3 is 6.18 Å². The molecule has 2 N–H and O–H groups in total. The van der Waals surface area contributed by atoms with Crippen LogP contribution in [0.1, 0.15) is 10.4 Å². The van der Waals surface area contributed by atoms with Gasteiger partial charge in [-0.05, 0) is 17.7 Å². The summed E-state index contributed by atoms with van der Waals surface area (Å²) in [5.74, 6) is -0.845. The summed E-state index contributed by atoms with van der Waals surface area (Å²) in [4.78, 5) is 11.2. The molecule has 0 saturated heterocycles. The molecule has 1 heterocycles. The molecule has 90 valence electrons. The fourth-order valence-electron chi connectivity index (χ4n) is 0.856. The normalized spacial score (nSPS) is 13.6. The van der Waals surface area contributed by atoms with E-state index in [4.69, 9.17) is 16.7 Å². The van der Waals surface area contributed by atoms with Crippen LogP contribution in [0.25, 0.3) is 0 Å². The molecule has 0 radical (unpaired) electrons. The van der Waals surface area contributed by atoms with E-state index in [9.17, 15) is 18.0 Å². The van der Waals surface area contributed by atoms with Gasteiger partial charge in [0.05, 0.1) is 18.4 Å². The van der Waals surface area contributed by atoms with Crippen molar-refractivity contribution in [2.24, 2.45) is 0 Å². The first-order chi connectivity index (χ1) is 7.32. The average molecular weight is 258 g/mol. The number of carbonyl (C=O) groups excluding carboxylic acids is 1. The van der Waals surface area contributed by atoms with E-state index in [0.29, 0.717) is 0 Å². The number of aliphatic hydroxyl groups excluding tert-OH is 1. The SMILES string of the molecule is O=C(NCC(O)C(F)(F)F)c1ccoc1Cl.